The molecule has 0 heterocycles. The van der Waals surface area contributed by atoms with E-state index in [0.29, 0.717) is 6.42 Å². The molecule has 0 saturated heterocycles. The molecule has 3 aromatic rings. The predicted molar refractivity (Wildman–Crippen MR) is 96.2 cm³/mol. The van der Waals surface area contributed by atoms with Crippen molar-refractivity contribution in [1.29, 1.82) is 0 Å². The average molecular weight is 336 g/mol. The van der Waals surface area contributed by atoms with Gasteiger partial charge in [0.25, 0.3) is 0 Å². The molecule has 128 valence electrons. The lowest BCUT2D eigenvalue weighted by Gasteiger charge is -2.35. The molecule has 0 amide bonds. The minimum Gasteiger partial charge on any atom is -0.504 e. The first kappa shape index (κ1) is 16.7. The van der Waals surface area contributed by atoms with Gasteiger partial charge in [0, 0.05) is 5.41 Å². The van der Waals surface area contributed by atoms with Gasteiger partial charge in [0.15, 0.2) is 23.0 Å². The first-order valence-electron chi connectivity index (χ1n) is 8.09. The van der Waals surface area contributed by atoms with E-state index in [2.05, 4.69) is 0 Å². The molecule has 4 N–H and O–H groups in total. The molecule has 0 aliphatic heterocycles. The van der Waals surface area contributed by atoms with Crippen molar-refractivity contribution in [2.75, 3.05) is 0 Å². The molecule has 0 fully saturated rings. The third-order valence-electron chi connectivity index (χ3n) is 4.73. The second-order valence-electron chi connectivity index (χ2n) is 6.03. The normalized spacial score (nSPS) is 11.4. The van der Waals surface area contributed by atoms with E-state index in [1.54, 1.807) is 12.1 Å². The predicted octanol–water partition coefficient (Wildman–Crippen LogP) is 4.25. The third-order valence-corrected chi connectivity index (χ3v) is 4.73. The van der Waals surface area contributed by atoms with Crippen molar-refractivity contribution in [2.45, 2.75) is 18.8 Å². The fraction of sp³-hybridized carbons (Fsp3) is 0.143. The topological polar surface area (TPSA) is 80.9 Å². The highest BCUT2D eigenvalue weighted by Gasteiger charge is 2.35. The second kappa shape index (κ2) is 6.40. The molecular formula is C21H20O4. The van der Waals surface area contributed by atoms with Crippen LogP contribution < -0.4 is 0 Å². The summed E-state index contributed by atoms with van der Waals surface area (Å²) in [4.78, 5) is 0. The number of rotatable bonds is 4. The number of aromatic hydroxyl groups is 4. The Labute approximate surface area is 146 Å². The van der Waals surface area contributed by atoms with Gasteiger partial charge in [0.2, 0.25) is 0 Å². The Balaban J connectivity index is 2.33. The summed E-state index contributed by atoms with van der Waals surface area (Å²) in [6.07, 6.45) is 0.644. The van der Waals surface area contributed by atoms with Crippen LogP contribution in [0.4, 0.5) is 0 Å². The van der Waals surface area contributed by atoms with Gasteiger partial charge in [-0.1, -0.05) is 49.4 Å². The summed E-state index contributed by atoms with van der Waals surface area (Å²) >= 11 is 0. The minimum atomic E-state index is -0.655. The van der Waals surface area contributed by atoms with E-state index in [1.807, 2.05) is 37.3 Å². The van der Waals surface area contributed by atoms with E-state index >= 15 is 0 Å². The van der Waals surface area contributed by atoms with E-state index < -0.39 is 5.41 Å². The van der Waals surface area contributed by atoms with Gasteiger partial charge in [0.05, 0.1) is 0 Å². The highest BCUT2D eigenvalue weighted by Crippen LogP contribution is 2.45. The smallest absolute Gasteiger partial charge is 0.157 e. The van der Waals surface area contributed by atoms with Gasteiger partial charge in [-0.3, -0.25) is 0 Å². The second-order valence-corrected chi connectivity index (χ2v) is 6.03. The molecule has 0 unspecified atom stereocenters. The highest BCUT2D eigenvalue weighted by molar-refractivity contribution is 5.56. The largest absolute Gasteiger partial charge is 0.504 e. The summed E-state index contributed by atoms with van der Waals surface area (Å²) in [6, 6.07) is 19.3. The summed E-state index contributed by atoms with van der Waals surface area (Å²) in [5, 5.41) is 39.4. The van der Waals surface area contributed by atoms with Gasteiger partial charge in [-0.2, -0.15) is 0 Å². The number of phenols is 4. The van der Waals surface area contributed by atoms with Crippen molar-refractivity contribution in [2.24, 2.45) is 0 Å². The molecule has 3 rings (SSSR count). The van der Waals surface area contributed by atoms with Gasteiger partial charge in [0.1, 0.15) is 0 Å². The average Bonchev–Trinajstić information content (AvgIpc) is 2.63. The zero-order valence-electron chi connectivity index (χ0n) is 13.8. The van der Waals surface area contributed by atoms with Crippen molar-refractivity contribution in [3.63, 3.8) is 0 Å². The van der Waals surface area contributed by atoms with Crippen LogP contribution in [-0.2, 0) is 5.41 Å². The van der Waals surface area contributed by atoms with Crippen LogP contribution in [0.15, 0.2) is 66.7 Å². The Morgan fingerprint density at radius 2 is 1.08 bits per heavy atom. The standard InChI is InChI=1S/C21H20O4/c1-2-21(14-6-4-3-5-7-14,15-8-10-17(22)19(24)12-15)16-9-11-18(23)20(25)13-16/h3-13,22-25H,2H2,1H3. The first-order valence-corrected chi connectivity index (χ1v) is 8.09. The highest BCUT2D eigenvalue weighted by atomic mass is 16.3. The summed E-state index contributed by atoms with van der Waals surface area (Å²) in [5.74, 6) is -0.769. The Kier molecular flexibility index (Phi) is 4.28. The molecule has 0 aliphatic rings. The Morgan fingerprint density at radius 1 is 0.600 bits per heavy atom. The van der Waals surface area contributed by atoms with Crippen molar-refractivity contribution in [3.8, 4) is 23.0 Å². The fourth-order valence-electron chi connectivity index (χ4n) is 3.41. The first-order chi connectivity index (χ1) is 12.0. The maximum atomic E-state index is 10.0. The van der Waals surface area contributed by atoms with E-state index in [-0.39, 0.29) is 23.0 Å². The van der Waals surface area contributed by atoms with Crippen LogP contribution in [0.2, 0.25) is 0 Å². The summed E-state index contributed by atoms with van der Waals surface area (Å²) < 4.78 is 0. The summed E-state index contributed by atoms with van der Waals surface area (Å²) in [7, 11) is 0. The van der Waals surface area contributed by atoms with Crippen LogP contribution in [0.3, 0.4) is 0 Å². The van der Waals surface area contributed by atoms with Crippen LogP contribution >= 0.6 is 0 Å². The number of benzene rings is 3. The molecule has 0 aliphatic carbocycles. The van der Waals surface area contributed by atoms with Gasteiger partial charge in [-0.15, -0.1) is 0 Å². The number of phenolic OH excluding ortho intramolecular Hbond substituents is 4. The lowest BCUT2D eigenvalue weighted by molar-refractivity contribution is 0.399. The van der Waals surface area contributed by atoms with E-state index in [4.69, 9.17) is 0 Å². The molecule has 0 radical (unpaired) electrons. The van der Waals surface area contributed by atoms with Gasteiger partial charge in [-0.25, -0.2) is 0 Å². The SMILES string of the molecule is CCC(c1ccccc1)(c1ccc(O)c(O)c1)c1ccc(O)c(O)c1. The Morgan fingerprint density at radius 3 is 1.48 bits per heavy atom. The fourth-order valence-corrected chi connectivity index (χ4v) is 3.41. The molecule has 25 heavy (non-hydrogen) atoms. The maximum Gasteiger partial charge on any atom is 0.157 e. The van der Waals surface area contributed by atoms with Gasteiger partial charge < -0.3 is 20.4 Å². The van der Waals surface area contributed by atoms with Crippen molar-refractivity contribution < 1.29 is 20.4 Å². The van der Waals surface area contributed by atoms with Gasteiger partial charge in [-0.05, 0) is 47.4 Å². The molecule has 0 aromatic heterocycles. The zero-order chi connectivity index (χ0) is 18.0. The van der Waals surface area contributed by atoms with Crippen LogP contribution in [0, 0.1) is 0 Å². The van der Waals surface area contributed by atoms with Crippen molar-refractivity contribution in [3.05, 3.63) is 83.4 Å². The van der Waals surface area contributed by atoms with Crippen LogP contribution in [0.25, 0.3) is 0 Å². The van der Waals surface area contributed by atoms with Crippen LogP contribution in [-0.4, -0.2) is 20.4 Å². The van der Waals surface area contributed by atoms with Crippen molar-refractivity contribution >= 4 is 0 Å². The monoisotopic (exact) mass is 336 g/mol. The molecule has 3 aromatic carbocycles. The van der Waals surface area contributed by atoms with Gasteiger partial charge >= 0.3 is 0 Å². The number of hydrogen-bond acceptors (Lipinski definition) is 4. The minimum absolute atomic E-state index is 0.185. The summed E-state index contributed by atoms with van der Waals surface area (Å²) in [5.41, 5.74) is 1.88. The molecule has 0 saturated carbocycles. The summed E-state index contributed by atoms with van der Waals surface area (Å²) in [6.45, 7) is 2.01. The maximum absolute atomic E-state index is 10.0. The molecular weight excluding hydrogens is 316 g/mol. The Bertz CT molecular complexity index is 836. The molecule has 0 bridgehead atoms. The third kappa shape index (κ3) is 2.76. The van der Waals surface area contributed by atoms with E-state index in [9.17, 15) is 20.4 Å². The lowest BCUT2D eigenvalue weighted by atomic mass is 9.67. The Hall–Kier alpha value is -3.14. The van der Waals surface area contributed by atoms with Crippen LogP contribution in [0.5, 0.6) is 23.0 Å². The lowest BCUT2D eigenvalue weighted by Crippen LogP contribution is -2.28. The quantitative estimate of drug-likeness (QED) is 0.424. The molecule has 4 nitrogen and oxygen atoms in total. The molecule has 0 atom stereocenters. The van der Waals surface area contributed by atoms with Crippen molar-refractivity contribution in [1.82, 2.24) is 0 Å². The molecule has 4 heteroatoms. The number of hydrogen-bond donors (Lipinski definition) is 4. The molecule has 0 spiro atoms. The zero-order valence-corrected chi connectivity index (χ0v) is 13.8. The van der Waals surface area contributed by atoms with Crippen LogP contribution in [0.1, 0.15) is 30.0 Å². The van der Waals surface area contributed by atoms with E-state index in [1.165, 1.54) is 24.3 Å². The van der Waals surface area contributed by atoms with E-state index in [0.717, 1.165) is 16.7 Å².